The summed E-state index contributed by atoms with van der Waals surface area (Å²) in [5.74, 6) is -0.138. The largest absolute Gasteiger partial charge is 0.494 e. The Bertz CT molecular complexity index is 577. The summed E-state index contributed by atoms with van der Waals surface area (Å²) in [4.78, 5) is 4.07. The van der Waals surface area contributed by atoms with Gasteiger partial charge in [-0.2, -0.15) is 0 Å². The molecule has 0 fully saturated rings. The van der Waals surface area contributed by atoms with Crippen LogP contribution in [0.15, 0.2) is 41.1 Å². The minimum absolute atomic E-state index is 0.224. The Balaban J connectivity index is 2.14. The summed E-state index contributed by atoms with van der Waals surface area (Å²) in [6.07, 6.45) is 3.96. The SMILES string of the molecule is COc1ccc(CC(N)c2cncc(Br)c2)cc1F. The van der Waals surface area contributed by atoms with Crippen molar-refractivity contribution in [2.45, 2.75) is 12.5 Å². The van der Waals surface area contributed by atoms with E-state index in [1.54, 1.807) is 18.5 Å². The monoisotopic (exact) mass is 324 g/mol. The highest BCUT2D eigenvalue weighted by Crippen LogP contribution is 2.22. The molecule has 0 spiro atoms. The number of hydrogen-bond donors (Lipinski definition) is 1. The molecule has 2 rings (SSSR count). The summed E-state index contributed by atoms with van der Waals surface area (Å²) >= 11 is 3.35. The van der Waals surface area contributed by atoms with Gasteiger partial charge in [-0.25, -0.2) is 4.39 Å². The Kier molecular flexibility index (Phi) is 4.50. The fourth-order valence-corrected chi connectivity index (χ4v) is 2.22. The molecule has 0 aliphatic rings. The van der Waals surface area contributed by atoms with E-state index >= 15 is 0 Å². The zero-order valence-corrected chi connectivity index (χ0v) is 12.0. The average molecular weight is 325 g/mol. The zero-order valence-electron chi connectivity index (χ0n) is 10.4. The van der Waals surface area contributed by atoms with Gasteiger partial charge >= 0.3 is 0 Å². The number of nitrogens with zero attached hydrogens (tertiary/aromatic N) is 1. The molecule has 3 nitrogen and oxygen atoms in total. The molecular formula is C14H14BrFN2O. The first-order valence-corrected chi connectivity index (χ1v) is 6.58. The van der Waals surface area contributed by atoms with Crippen molar-refractivity contribution >= 4 is 15.9 Å². The Hall–Kier alpha value is -1.46. The average Bonchev–Trinajstić information content (AvgIpc) is 2.39. The second kappa shape index (κ2) is 6.12. The minimum Gasteiger partial charge on any atom is -0.494 e. The van der Waals surface area contributed by atoms with Crippen LogP contribution in [0.2, 0.25) is 0 Å². The molecule has 0 aliphatic carbocycles. The standard InChI is InChI=1S/C14H14BrFN2O/c1-19-14-3-2-9(4-12(14)16)5-13(17)10-6-11(15)8-18-7-10/h2-4,6-8,13H,5,17H2,1H3. The maximum Gasteiger partial charge on any atom is 0.165 e. The van der Waals surface area contributed by atoms with E-state index in [2.05, 4.69) is 20.9 Å². The van der Waals surface area contributed by atoms with Gasteiger partial charge in [0, 0.05) is 22.9 Å². The molecule has 0 radical (unpaired) electrons. The van der Waals surface area contributed by atoms with Crippen LogP contribution < -0.4 is 10.5 Å². The first-order valence-electron chi connectivity index (χ1n) is 5.78. The fourth-order valence-electron chi connectivity index (χ4n) is 1.84. The van der Waals surface area contributed by atoms with Gasteiger partial charge in [-0.05, 0) is 51.7 Å². The van der Waals surface area contributed by atoms with Gasteiger partial charge < -0.3 is 10.5 Å². The van der Waals surface area contributed by atoms with Gasteiger partial charge in [-0.1, -0.05) is 6.07 Å². The molecule has 5 heteroatoms. The first-order chi connectivity index (χ1) is 9.10. The molecule has 100 valence electrons. The van der Waals surface area contributed by atoms with Crippen LogP contribution in [0.5, 0.6) is 5.75 Å². The summed E-state index contributed by atoms with van der Waals surface area (Å²) in [5.41, 5.74) is 7.83. The van der Waals surface area contributed by atoms with Gasteiger partial charge in [0.15, 0.2) is 11.6 Å². The van der Waals surface area contributed by atoms with Crippen LogP contribution in [-0.2, 0) is 6.42 Å². The number of methoxy groups -OCH3 is 1. The fraction of sp³-hybridized carbons (Fsp3) is 0.214. The Morgan fingerprint density at radius 2 is 2.16 bits per heavy atom. The summed E-state index contributed by atoms with van der Waals surface area (Å²) in [6.45, 7) is 0. The Morgan fingerprint density at radius 3 is 2.79 bits per heavy atom. The van der Waals surface area contributed by atoms with Crippen LogP contribution in [0.4, 0.5) is 4.39 Å². The lowest BCUT2D eigenvalue weighted by molar-refractivity contribution is 0.386. The van der Waals surface area contributed by atoms with E-state index in [0.717, 1.165) is 15.6 Å². The van der Waals surface area contributed by atoms with E-state index in [1.165, 1.54) is 13.2 Å². The highest BCUT2D eigenvalue weighted by Gasteiger charge is 2.10. The third-order valence-electron chi connectivity index (χ3n) is 2.83. The van der Waals surface area contributed by atoms with Gasteiger partial charge in [0.25, 0.3) is 0 Å². The number of hydrogen-bond acceptors (Lipinski definition) is 3. The highest BCUT2D eigenvalue weighted by molar-refractivity contribution is 9.10. The molecule has 2 aromatic rings. The van der Waals surface area contributed by atoms with Crippen molar-refractivity contribution in [3.8, 4) is 5.75 Å². The van der Waals surface area contributed by atoms with Crippen LogP contribution in [0.1, 0.15) is 17.2 Å². The molecule has 0 bridgehead atoms. The molecule has 0 saturated carbocycles. The highest BCUT2D eigenvalue weighted by atomic mass is 79.9. The molecule has 1 unspecified atom stereocenters. The van der Waals surface area contributed by atoms with Crippen molar-refractivity contribution in [3.05, 3.63) is 58.1 Å². The van der Waals surface area contributed by atoms with E-state index in [-0.39, 0.29) is 17.6 Å². The first kappa shape index (κ1) is 14.0. The molecule has 1 atom stereocenters. The Labute approximate surface area is 119 Å². The maximum absolute atomic E-state index is 13.6. The van der Waals surface area contributed by atoms with Crippen LogP contribution in [0.3, 0.4) is 0 Å². The molecular weight excluding hydrogens is 311 g/mol. The van der Waals surface area contributed by atoms with Crippen LogP contribution in [0, 0.1) is 5.82 Å². The lowest BCUT2D eigenvalue weighted by atomic mass is 10.0. The molecule has 0 amide bonds. The summed E-state index contributed by atoms with van der Waals surface area (Å²) in [5, 5.41) is 0. The van der Waals surface area contributed by atoms with Crippen molar-refractivity contribution in [1.82, 2.24) is 4.98 Å². The van der Waals surface area contributed by atoms with E-state index < -0.39 is 0 Å². The molecule has 19 heavy (non-hydrogen) atoms. The van der Waals surface area contributed by atoms with Crippen molar-refractivity contribution < 1.29 is 9.13 Å². The van der Waals surface area contributed by atoms with E-state index in [9.17, 15) is 4.39 Å². The van der Waals surface area contributed by atoms with Gasteiger partial charge in [0.05, 0.1) is 7.11 Å². The van der Waals surface area contributed by atoms with Crippen molar-refractivity contribution in [2.24, 2.45) is 5.73 Å². The van der Waals surface area contributed by atoms with E-state index in [4.69, 9.17) is 10.5 Å². The van der Waals surface area contributed by atoms with E-state index in [1.807, 2.05) is 12.1 Å². The van der Waals surface area contributed by atoms with Crippen LogP contribution >= 0.6 is 15.9 Å². The van der Waals surface area contributed by atoms with Gasteiger partial charge in [0.1, 0.15) is 0 Å². The topological polar surface area (TPSA) is 48.1 Å². The summed E-state index contributed by atoms with van der Waals surface area (Å²) in [7, 11) is 1.44. The predicted octanol–water partition coefficient (Wildman–Crippen LogP) is 3.23. The van der Waals surface area contributed by atoms with Crippen LogP contribution in [0.25, 0.3) is 0 Å². The van der Waals surface area contributed by atoms with E-state index in [0.29, 0.717) is 6.42 Å². The lowest BCUT2D eigenvalue weighted by Crippen LogP contribution is -2.13. The van der Waals surface area contributed by atoms with Crippen molar-refractivity contribution in [1.29, 1.82) is 0 Å². The quantitative estimate of drug-likeness (QED) is 0.939. The number of aromatic nitrogens is 1. The second-order valence-electron chi connectivity index (χ2n) is 4.22. The van der Waals surface area contributed by atoms with Crippen molar-refractivity contribution in [2.75, 3.05) is 7.11 Å². The number of pyridine rings is 1. The third-order valence-corrected chi connectivity index (χ3v) is 3.26. The van der Waals surface area contributed by atoms with Gasteiger partial charge in [0.2, 0.25) is 0 Å². The number of halogens is 2. The van der Waals surface area contributed by atoms with Crippen molar-refractivity contribution in [3.63, 3.8) is 0 Å². The number of ether oxygens (including phenoxy) is 1. The molecule has 0 saturated heterocycles. The normalized spacial score (nSPS) is 12.2. The number of nitrogens with two attached hydrogens (primary N) is 1. The molecule has 1 aromatic heterocycles. The molecule has 1 heterocycles. The molecule has 1 aromatic carbocycles. The summed E-state index contributed by atoms with van der Waals surface area (Å²) in [6, 6.07) is 6.56. The smallest absolute Gasteiger partial charge is 0.165 e. The zero-order chi connectivity index (χ0) is 13.8. The maximum atomic E-state index is 13.6. The summed E-state index contributed by atoms with van der Waals surface area (Å²) < 4.78 is 19.3. The lowest BCUT2D eigenvalue weighted by Gasteiger charge is -2.12. The number of rotatable bonds is 4. The second-order valence-corrected chi connectivity index (χ2v) is 5.13. The minimum atomic E-state index is -0.375. The predicted molar refractivity (Wildman–Crippen MR) is 75.5 cm³/mol. The van der Waals surface area contributed by atoms with Gasteiger partial charge in [-0.3, -0.25) is 4.98 Å². The Morgan fingerprint density at radius 1 is 1.37 bits per heavy atom. The molecule has 2 N–H and O–H groups in total. The van der Waals surface area contributed by atoms with Gasteiger partial charge in [-0.15, -0.1) is 0 Å². The number of benzene rings is 1. The third kappa shape index (κ3) is 3.52. The van der Waals surface area contributed by atoms with Crippen LogP contribution in [-0.4, -0.2) is 12.1 Å². The molecule has 0 aliphatic heterocycles.